The van der Waals surface area contributed by atoms with Crippen LogP contribution in [-0.4, -0.2) is 40.4 Å². The summed E-state index contributed by atoms with van der Waals surface area (Å²) < 4.78 is 24.2. The van der Waals surface area contributed by atoms with E-state index in [0.29, 0.717) is 44.3 Å². The Kier molecular flexibility index (Phi) is 8.55. The summed E-state index contributed by atoms with van der Waals surface area (Å²) in [4.78, 5) is 16.5. The molecule has 4 aromatic rings. The lowest BCUT2D eigenvalue weighted by Gasteiger charge is -2.13. The molecule has 4 rings (SSSR count). The summed E-state index contributed by atoms with van der Waals surface area (Å²) in [5.41, 5.74) is 8.43. The number of rotatable bonds is 10. The maximum absolute atomic E-state index is 14.0. The average Bonchev–Trinajstić information content (AvgIpc) is 3.37. The van der Waals surface area contributed by atoms with Crippen molar-refractivity contribution in [1.29, 1.82) is 5.26 Å². The Bertz CT molecular complexity index is 1530. The largest absolute Gasteiger partial charge is 0.494 e. The second kappa shape index (κ2) is 12.2. The number of thiazole rings is 1. The lowest BCUT2D eigenvalue weighted by atomic mass is 10.0. The summed E-state index contributed by atoms with van der Waals surface area (Å²) in [6, 6.07) is 9.93. The van der Waals surface area contributed by atoms with Gasteiger partial charge in [-0.3, -0.25) is 0 Å². The monoisotopic (exact) mass is 549 g/mol. The van der Waals surface area contributed by atoms with Crippen LogP contribution in [0.2, 0.25) is 0 Å². The number of anilines is 3. The van der Waals surface area contributed by atoms with Crippen molar-refractivity contribution < 1.29 is 19.0 Å². The fourth-order valence-corrected chi connectivity index (χ4v) is 5.10. The van der Waals surface area contributed by atoms with Crippen molar-refractivity contribution in [3.8, 4) is 28.8 Å². The first-order chi connectivity index (χ1) is 18.5. The molecule has 4 N–H and O–H groups in total. The Morgan fingerprint density at radius 1 is 1.32 bits per heavy atom. The van der Waals surface area contributed by atoms with Gasteiger partial charge < -0.3 is 25.6 Å². The summed E-state index contributed by atoms with van der Waals surface area (Å²) in [5, 5.41) is 24.7. The lowest BCUT2D eigenvalue weighted by Crippen LogP contribution is -2.03. The van der Waals surface area contributed by atoms with Crippen molar-refractivity contribution in [2.75, 3.05) is 31.4 Å². The van der Waals surface area contributed by atoms with Crippen molar-refractivity contribution in [3.63, 3.8) is 0 Å². The third-order valence-corrected chi connectivity index (χ3v) is 6.88. The van der Waals surface area contributed by atoms with E-state index in [9.17, 15) is 9.65 Å². The molecule has 38 heavy (non-hydrogen) atoms. The minimum absolute atomic E-state index is 0.000673. The Morgan fingerprint density at radius 2 is 2.16 bits per heavy atom. The first-order valence-corrected chi connectivity index (χ1v) is 12.8. The zero-order valence-electron chi connectivity index (χ0n) is 19.9. The molecule has 0 atom stereocenters. The molecule has 0 saturated carbocycles. The molecule has 192 valence electrons. The summed E-state index contributed by atoms with van der Waals surface area (Å²) in [5.74, 6) is 0.335. The van der Waals surface area contributed by atoms with Gasteiger partial charge in [-0.1, -0.05) is 11.8 Å². The standard InChI is InChI=1S/C25H20FN7O3S2/c1-29-22-21(14-3-6-20(30-11-14)36-8-7-34)17(10-27)24(33-23(22)28)37-12-16-13-38-25(32-16)31-15-4-5-19(35-2)18(26)9-15/h3-6,9,11,13,34H,7-8,12H2,2H3,(H2,28,33)(H,31,32). The molecule has 10 nitrogen and oxygen atoms in total. The van der Waals surface area contributed by atoms with E-state index in [2.05, 4.69) is 31.2 Å². The number of hydrogen-bond acceptors (Lipinski definition) is 11. The number of ether oxygens (including phenoxy) is 2. The second-order valence-corrected chi connectivity index (χ2v) is 9.31. The fraction of sp³-hybridized carbons (Fsp3) is 0.160. The number of aliphatic hydroxyl groups is 1. The number of methoxy groups -OCH3 is 1. The maximum atomic E-state index is 14.0. The summed E-state index contributed by atoms with van der Waals surface area (Å²) >= 11 is 2.61. The molecule has 0 aliphatic heterocycles. The van der Waals surface area contributed by atoms with E-state index < -0.39 is 5.82 Å². The average molecular weight is 550 g/mol. The molecule has 3 aromatic heterocycles. The molecule has 1 aromatic carbocycles. The van der Waals surface area contributed by atoms with E-state index in [1.807, 2.05) is 5.38 Å². The number of pyridine rings is 2. The zero-order valence-corrected chi connectivity index (χ0v) is 21.6. The van der Waals surface area contributed by atoms with Crippen LogP contribution < -0.4 is 20.5 Å². The predicted octanol–water partition coefficient (Wildman–Crippen LogP) is 5.16. The molecule has 0 unspecified atom stereocenters. The SMILES string of the molecule is [C-]#[N+]c1c(N)nc(SCc2csc(Nc3ccc(OC)c(F)c3)n2)c(C#N)c1-c1ccc(OCCO)nc1. The van der Waals surface area contributed by atoms with Crippen LogP contribution >= 0.6 is 23.1 Å². The van der Waals surface area contributed by atoms with E-state index in [-0.39, 0.29) is 36.0 Å². The maximum Gasteiger partial charge on any atom is 0.237 e. The van der Waals surface area contributed by atoms with E-state index in [1.54, 1.807) is 18.2 Å². The van der Waals surface area contributed by atoms with Gasteiger partial charge >= 0.3 is 0 Å². The van der Waals surface area contributed by atoms with Crippen LogP contribution in [0, 0.1) is 23.7 Å². The normalized spacial score (nSPS) is 10.4. The molecular weight excluding hydrogens is 529 g/mol. The van der Waals surface area contributed by atoms with Gasteiger partial charge in [0.2, 0.25) is 11.6 Å². The van der Waals surface area contributed by atoms with Gasteiger partial charge in [0.25, 0.3) is 0 Å². The Hall–Kier alpha value is -4.43. The minimum atomic E-state index is -0.487. The molecule has 0 aliphatic rings. The Labute approximate surface area is 225 Å². The van der Waals surface area contributed by atoms with Crippen molar-refractivity contribution in [1.82, 2.24) is 15.0 Å². The molecule has 0 aliphatic carbocycles. The van der Waals surface area contributed by atoms with Crippen molar-refractivity contribution >= 4 is 45.4 Å². The zero-order chi connectivity index (χ0) is 27.1. The first-order valence-electron chi connectivity index (χ1n) is 11.0. The molecule has 0 saturated heterocycles. The van der Waals surface area contributed by atoms with Gasteiger partial charge in [0.1, 0.15) is 23.5 Å². The number of thioether (sulfide) groups is 1. The van der Waals surface area contributed by atoms with Crippen molar-refractivity contribution in [2.45, 2.75) is 10.8 Å². The third kappa shape index (κ3) is 5.92. The van der Waals surface area contributed by atoms with Gasteiger partial charge in [0.15, 0.2) is 16.7 Å². The second-order valence-electron chi connectivity index (χ2n) is 7.49. The van der Waals surface area contributed by atoms with Gasteiger partial charge in [0, 0.05) is 40.7 Å². The number of hydrogen-bond donors (Lipinski definition) is 3. The number of benzene rings is 1. The number of halogens is 1. The van der Waals surface area contributed by atoms with Crippen LogP contribution in [0.3, 0.4) is 0 Å². The van der Waals surface area contributed by atoms with E-state index in [0.717, 1.165) is 0 Å². The highest BCUT2D eigenvalue weighted by Crippen LogP contribution is 2.42. The van der Waals surface area contributed by atoms with Gasteiger partial charge in [0.05, 0.1) is 31.5 Å². The van der Waals surface area contributed by atoms with Crippen LogP contribution in [0.4, 0.5) is 26.7 Å². The molecule has 0 spiro atoms. The Balaban J connectivity index is 1.56. The quantitative estimate of drug-likeness (QED) is 0.179. The summed E-state index contributed by atoms with van der Waals surface area (Å²) in [6.45, 7) is 7.53. The number of aromatic nitrogens is 3. The molecule has 0 fully saturated rings. The molecule has 0 amide bonds. The number of nitriles is 1. The highest BCUT2D eigenvalue weighted by Gasteiger charge is 2.21. The third-order valence-electron chi connectivity index (χ3n) is 5.07. The number of nitrogens with two attached hydrogens (primary N) is 1. The van der Waals surface area contributed by atoms with Gasteiger partial charge in [-0.25, -0.2) is 24.2 Å². The topological polar surface area (TPSA) is 144 Å². The van der Waals surface area contributed by atoms with Gasteiger partial charge in [-0.2, -0.15) is 5.26 Å². The van der Waals surface area contributed by atoms with Crippen LogP contribution in [0.15, 0.2) is 46.9 Å². The van der Waals surface area contributed by atoms with Crippen LogP contribution in [0.5, 0.6) is 11.6 Å². The van der Waals surface area contributed by atoms with Gasteiger partial charge in [-0.15, -0.1) is 11.3 Å². The summed E-state index contributed by atoms with van der Waals surface area (Å²) in [7, 11) is 1.40. The molecule has 0 radical (unpaired) electrons. The summed E-state index contributed by atoms with van der Waals surface area (Å²) in [6.07, 6.45) is 1.48. The predicted molar refractivity (Wildman–Crippen MR) is 143 cm³/mol. The minimum Gasteiger partial charge on any atom is -0.494 e. The smallest absolute Gasteiger partial charge is 0.237 e. The van der Waals surface area contributed by atoms with Crippen LogP contribution in [-0.2, 0) is 5.75 Å². The highest BCUT2D eigenvalue weighted by molar-refractivity contribution is 7.98. The number of nitrogen functional groups attached to an aromatic ring is 1. The fourth-order valence-electron chi connectivity index (χ4n) is 3.38. The molecular formula is C25H20FN7O3S2. The first kappa shape index (κ1) is 26.6. The molecule has 3 heterocycles. The number of aliphatic hydroxyl groups excluding tert-OH is 1. The number of nitrogens with one attached hydrogen (secondary N) is 1. The Morgan fingerprint density at radius 3 is 2.82 bits per heavy atom. The van der Waals surface area contributed by atoms with Crippen LogP contribution in [0.1, 0.15) is 11.3 Å². The molecule has 0 bridgehead atoms. The van der Waals surface area contributed by atoms with Crippen molar-refractivity contribution in [2.24, 2.45) is 0 Å². The highest BCUT2D eigenvalue weighted by atomic mass is 32.2. The lowest BCUT2D eigenvalue weighted by molar-refractivity contribution is 0.196. The van der Waals surface area contributed by atoms with Crippen LogP contribution in [0.25, 0.3) is 16.0 Å². The van der Waals surface area contributed by atoms with Gasteiger partial charge in [-0.05, 0) is 23.8 Å². The number of nitrogens with zero attached hydrogens (tertiary/aromatic N) is 5. The van der Waals surface area contributed by atoms with Crippen molar-refractivity contribution in [3.05, 3.63) is 70.4 Å². The van der Waals surface area contributed by atoms with E-state index in [1.165, 1.54) is 48.5 Å². The van der Waals surface area contributed by atoms with E-state index >= 15 is 0 Å². The van der Waals surface area contributed by atoms with E-state index in [4.69, 9.17) is 26.9 Å². The molecule has 13 heteroatoms.